The molecule has 2 nitrogen and oxygen atoms in total. The lowest BCUT2D eigenvalue weighted by molar-refractivity contribution is 0.430. The molecule has 0 heterocycles. The van der Waals surface area contributed by atoms with Gasteiger partial charge >= 0.3 is 0 Å². The topological polar surface area (TPSA) is 46.2 Å². The fraction of sp³-hybridized carbons (Fsp3) is 0.455. The Morgan fingerprint density at radius 1 is 1.47 bits per heavy atom. The van der Waals surface area contributed by atoms with Crippen LogP contribution in [0.15, 0.2) is 18.2 Å². The Morgan fingerprint density at radius 2 is 2.13 bits per heavy atom. The molecule has 1 aromatic rings. The zero-order chi connectivity index (χ0) is 10.1. The van der Waals surface area contributed by atoms with E-state index in [0.29, 0.717) is 0 Å². The summed E-state index contributed by atoms with van der Waals surface area (Å²) in [6, 6.07) is 4.27. The molecule has 0 radical (unpaired) electrons. The maximum absolute atomic E-state index is 13.0. The summed E-state index contributed by atoms with van der Waals surface area (Å²) in [5.74, 6) is -0.178. The molecular formula is C11H15ClFNO. The number of hydrogen-bond donors (Lipinski definition) is 2. The molecule has 2 rings (SSSR count). The van der Waals surface area contributed by atoms with E-state index < -0.39 is 5.82 Å². The first-order valence-corrected chi connectivity index (χ1v) is 4.91. The lowest BCUT2D eigenvalue weighted by Crippen LogP contribution is -2.11. The number of benzene rings is 1. The first kappa shape index (κ1) is 12.3. The summed E-state index contributed by atoms with van der Waals surface area (Å²) >= 11 is 0. The van der Waals surface area contributed by atoms with E-state index in [9.17, 15) is 4.39 Å². The molecule has 0 bridgehead atoms. The van der Waals surface area contributed by atoms with Crippen molar-refractivity contribution in [3.63, 3.8) is 0 Å². The van der Waals surface area contributed by atoms with Crippen molar-refractivity contribution in [1.29, 1.82) is 0 Å². The van der Waals surface area contributed by atoms with Crippen LogP contribution in [0.5, 0.6) is 5.75 Å². The summed E-state index contributed by atoms with van der Waals surface area (Å²) in [4.78, 5) is 0. The van der Waals surface area contributed by atoms with Gasteiger partial charge in [0.1, 0.15) is 0 Å². The van der Waals surface area contributed by atoms with Crippen molar-refractivity contribution in [2.45, 2.75) is 25.3 Å². The van der Waals surface area contributed by atoms with Crippen LogP contribution in [0.3, 0.4) is 0 Å². The molecule has 15 heavy (non-hydrogen) atoms. The third-order valence-electron chi connectivity index (χ3n) is 2.68. The summed E-state index contributed by atoms with van der Waals surface area (Å²) in [6.45, 7) is 0. The van der Waals surface area contributed by atoms with Gasteiger partial charge in [-0.05, 0) is 30.0 Å². The van der Waals surface area contributed by atoms with E-state index in [1.54, 1.807) is 6.07 Å². The lowest BCUT2D eigenvalue weighted by atomic mass is 10.0. The molecule has 0 amide bonds. The highest BCUT2D eigenvalue weighted by atomic mass is 35.5. The molecule has 0 spiro atoms. The van der Waals surface area contributed by atoms with Gasteiger partial charge in [0.05, 0.1) is 0 Å². The van der Waals surface area contributed by atoms with E-state index in [1.807, 2.05) is 0 Å². The number of aromatic hydroxyl groups is 1. The van der Waals surface area contributed by atoms with Gasteiger partial charge < -0.3 is 10.8 Å². The normalized spacial score (nSPS) is 16.9. The van der Waals surface area contributed by atoms with E-state index in [0.717, 1.165) is 17.9 Å². The van der Waals surface area contributed by atoms with E-state index in [2.05, 4.69) is 0 Å². The predicted molar refractivity (Wildman–Crippen MR) is 59.6 cm³/mol. The van der Waals surface area contributed by atoms with Crippen LogP contribution < -0.4 is 5.73 Å². The molecule has 0 saturated heterocycles. The number of phenols is 1. The van der Waals surface area contributed by atoms with Crippen LogP contribution in [-0.2, 0) is 0 Å². The highest BCUT2D eigenvalue weighted by molar-refractivity contribution is 5.85. The molecule has 1 fully saturated rings. The summed E-state index contributed by atoms with van der Waals surface area (Å²) in [5, 5.41) is 9.00. The van der Waals surface area contributed by atoms with Crippen LogP contribution >= 0.6 is 12.4 Å². The Hall–Kier alpha value is -0.800. The number of hydrogen-bond acceptors (Lipinski definition) is 2. The maximum Gasteiger partial charge on any atom is 0.165 e. The highest BCUT2D eigenvalue weighted by Crippen LogP contribution is 2.37. The molecule has 0 unspecified atom stereocenters. The quantitative estimate of drug-likeness (QED) is 0.840. The third-order valence-corrected chi connectivity index (χ3v) is 2.68. The van der Waals surface area contributed by atoms with Gasteiger partial charge in [-0.3, -0.25) is 0 Å². The van der Waals surface area contributed by atoms with Gasteiger partial charge in [0.25, 0.3) is 0 Å². The van der Waals surface area contributed by atoms with Crippen LogP contribution in [0.1, 0.15) is 30.9 Å². The van der Waals surface area contributed by atoms with Crippen molar-refractivity contribution in [2.24, 2.45) is 11.7 Å². The Balaban J connectivity index is 0.00000112. The summed E-state index contributed by atoms with van der Waals surface area (Å²) in [6.07, 6.45) is 3.41. The standard InChI is InChI=1S/C11H14FNO.ClH/c12-9-6-8(3-4-11(9)14)10(13)5-7-1-2-7;/h3-4,6-7,10,14H,1-2,5,13H2;1H/t10-;/m1./s1. The van der Waals surface area contributed by atoms with Gasteiger partial charge in [-0.2, -0.15) is 0 Å². The minimum atomic E-state index is -0.589. The first-order valence-electron chi connectivity index (χ1n) is 4.91. The minimum Gasteiger partial charge on any atom is -0.505 e. The summed E-state index contributed by atoms with van der Waals surface area (Å²) in [7, 11) is 0. The molecule has 84 valence electrons. The molecule has 3 N–H and O–H groups in total. The summed E-state index contributed by atoms with van der Waals surface area (Å²) in [5.41, 5.74) is 6.68. The third kappa shape index (κ3) is 3.08. The zero-order valence-corrected chi connectivity index (χ0v) is 9.14. The molecule has 1 aliphatic rings. The molecule has 4 heteroatoms. The zero-order valence-electron chi connectivity index (χ0n) is 8.32. The Morgan fingerprint density at radius 3 is 2.67 bits per heavy atom. The molecule has 1 aliphatic carbocycles. The van der Waals surface area contributed by atoms with Gasteiger partial charge in [0.15, 0.2) is 11.6 Å². The van der Waals surface area contributed by atoms with Gasteiger partial charge in [-0.15, -0.1) is 12.4 Å². The fourth-order valence-corrected chi connectivity index (χ4v) is 1.60. The molecular weight excluding hydrogens is 217 g/mol. The van der Waals surface area contributed by atoms with Crippen molar-refractivity contribution in [3.05, 3.63) is 29.6 Å². The smallest absolute Gasteiger partial charge is 0.165 e. The Bertz CT molecular complexity index is 341. The van der Waals surface area contributed by atoms with Crippen molar-refractivity contribution in [2.75, 3.05) is 0 Å². The molecule has 0 aromatic heterocycles. The largest absolute Gasteiger partial charge is 0.505 e. The SMILES string of the molecule is Cl.N[C@H](CC1CC1)c1ccc(O)c(F)c1. The second kappa shape index (κ2) is 4.81. The highest BCUT2D eigenvalue weighted by Gasteiger charge is 2.24. The fourth-order valence-electron chi connectivity index (χ4n) is 1.60. The molecule has 1 atom stereocenters. The molecule has 1 saturated carbocycles. The lowest BCUT2D eigenvalue weighted by Gasteiger charge is -2.11. The average molecular weight is 232 g/mol. The Labute approximate surface area is 94.7 Å². The number of phenolic OH excluding ortho intramolecular Hbond substituents is 1. The minimum absolute atomic E-state index is 0. The monoisotopic (exact) mass is 231 g/mol. The van der Waals surface area contributed by atoms with Gasteiger partial charge in [0, 0.05) is 6.04 Å². The average Bonchev–Trinajstić information content (AvgIpc) is 2.93. The second-order valence-electron chi connectivity index (χ2n) is 4.00. The van der Waals surface area contributed by atoms with Gasteiger partial charge in [-0.1, -0.05) is 18.9 Å². The first-order chi connectivity index (χ1) is 6.66. The van der Waals surface area contributed by atoms with E-state index in [4.69, 9.17) is 10.8 Å². The number of rotatable bonds is 3. The number of nitrogens with two attached hydrogens (primary N) is 1. The maximum atomic E-state index is 13.0. The van der Waals surface area contributed by atoms with Gasteiger partial charge in [0.2, 0.25) is 0 Å². The van der Waals surface area contributed by atoms with Gasteiger partial charge in [-0.25, -0.2) is 4.39 Å². The van der Waals surface area contributed by atoms with Crippen molar-refractivity contribution in [1.82, 2.24) is 0 Å². The molecule has 0 aliphatic heterocycles. The van der Waals surface area contributed by atoms with Crippen LogP contribution in [0.2, 0.25) is 0 Å². The van der Waals surface area contributed by atoms with Crippen LogP contribution in [0.4, 0.5) is 4.39 Å². The summed E-state index contributed by atoms with van der Waals surface area (Å²) < 4.78 is 13.0. The second-order valence-corrected chi connectivity index (χ2v) is 4.00. The van der Waals surface area contributed by atoms with E-state index in [1.165, 1.54) is 25.0 Å². The van der Waals surface area contributed by atoms with Crippen LogP contribution in [0.25, 0.3) is 0 Å². The van der Waals surface area contributed by atoms with Crippen molar-refractivity contribution in [3.8, 4) is 5.75 Å². The van der Waals surface area contributed by atoms with Crippen LogP contribution in [0, 0.1) is 11.7 Å². The van der Waals surface area contributed by atoms with E-state index >= 15 is 0 Å². The predicted octanol–water partition coefficient (Wildman–Crippen LogP) is 2.75. The van der Waals surface area contributed by atoms with Crippen molar-refractivity contribution < 1.29 is 9.50 Å². The molecule has 1 aromatic carbocycles. The number of halogens is 2. The Kier molecular flexibility index (Phi) is 3.94. The van der Waals surface area contributed by atoms with E-state index in [-0.39, 0.29) is 24.2 Å². The van der Waals surface area contributed by atoms with Crippen LogP contribution in [-0.4, -0.2) is 5.11 Å². The van der Waals surface area contributed by atoms with Crippen molar-refractivity contribution >= 4 is 12.4 Å².